The smallest absolute Gasteiger partial charge is 0.133 e. The van der Waals surface area contributed by atoms with Crippen molar-refractivity contribution in [1.29, 1.82) is 5.26 Å². The van der Waals surface area contributed by atoms with Gasteiger partial charge in [-0.1, -0.05) is 49.6 Å². The molecule has 114 valence electrons. The standard InChI is InChI=1S/C18H27N3/c1-20-18(15-19,16-9-5-3-6-10-16)13-14-21(2)17-11-7-4-8-12-17/h3,5-6,9-10,17,20H,4,7-8,11-14H2,1-2H3. The maximum absolute atomic E-state index is 9.72. The van der Waals surface area contributed by atoms with Crippen LogP contribution in [0.5, 0.6) is 0 Å². The first-order chi connectivity index (χ1) is 10.2. The molecule has 0 bridgehead atoms. The summed E-state index contributed by atoms with van der Waals surface area (Å²) in [5, 5.41) is 13.0. The van der Waals surface area contributed by atoms with Crippen LogP contribution in [0.3, 0.4) is 0 Å². The van der Waals surface area contributed by atoms with Gasteiger partial charge in [-0.25, -0.2) is 0 Å². The second-order valence-corrected chi connectivity index (χ2v) is 6.16. The van der Waals surface area contributed by atoms with Gasteiger partial charge >= 0.3 is 0 Å². The highest BCUT2D eigenvalue weighted by Crippen LogP contribution is 2.26. The van der Waals surface area contributed by atoms with Crippen LogP contribution in [0.1, 0.15) is 44.1 Å². The van der Waals surface area contributed by atoms with Gasteiger partial charge < -0.3 is 4.90 Å². The molecule has 0 amide bonds. The Labute approximate surface area is 129 Å². The molecule has 1 aromatic carbocycles. The molecule has 0 spiro atoms. The van der Waals surface area contributed by atoms with E-state index < -0.39 is 5.54 Å². The van der Waals surface area contributed by atoms with Crippen LogP contribution in [0, 0.1) is 11.3 Å². The average Bonchev–Trinajstić information content (AvgIpc) is 2.58. The third-order valence-electron chi connectivity index (χ3n) is 4.92. The van der Waals surface area contributed by atoms with Gasteiger partial charge in [0.05, 0.1) is 6.07 Å². The van der Waals surface area contributed by atoms with Crippen LogP contribution >= 0.6 is 0 Å². The third-order valence-corrected chi connectivity index (χ3v) is 4.92. The van der Waals surface area contributed by atoms with E-state index in [9.17, 15) is 5.26 Å². The Balaban J connectivity index is 2.02. The quantitative estimate of drug-likeness (QED) is 0.872. The van der Waals surface area contributed by atoms with Crippen LogP contribution in [0.15, 0.2) is 30.3 Å². The molecule has 2 rings (SSSR count). The van der Waals surface area contributed by atoms with Gasteiger partial charge in [-0.2, -0.15) is 5.26 Å². The van der Waals surface area contributed by atoms with Crippen molar-refractivity contribution in [3.8, 4) is 6.07 Å². The van der Waals surface area contributed by atoms with E-state index in [-0.39, 0.29) is 0 Å². The van der Waals surface area contributed by atoms with Crippen molar-refractivity contribution in [2.24, 2.45) is 0 Å². The van der Waals surface area contributed by atoms with Gasteiger partial charge in [0.25, 0.3) is 0 Å². The van der Waals surface area contributed by atoms with Crippen molar-refractivity contribution >= 4 is 0 Å². The van der Waals surface area contributed by atoms with Gasteiger partial charge in [0.2, 0.25) is 0 Å². The second-order valence-electron chi connectivity index (χ2n) is 6.16. The topological polar surface area (TPSA) is 39.1 Å². The first-order valence-corrected chi connectivity index (χ1v) is 8.08. The average molecular weight is 285 g/mol. The number of nitrogens with zero attached hydrogens (tertiary/aromatic N) is 2. The highest BCUT2D eigenvalue weighted by Gasteiger charge is 2.31. The summed E-state index contributed by atoms with van der Waals surface area (Å²) < 4.78 is 0. The summed E-state index contributed by atoms with van der Waals surface area (Å²) in [5.74, 6) is 0. The summed E-state index contributed by atoms with van der Waals surface area (Å²) in [6, 6.07) is 13.3. The summed E-state index contributed by atoms with van der Waals surface area (Å²) in [6.07, 6.45) is 7.51. The predicted octanol–water partition coefficient (Wildman–Crippen LogP) is 3.28. The number of hydrogen-bond donors (Lipinski definition) is 1. The number of nitriles is 1. The second kappa shape index (κ2) is 7.59. The highest BCUT2D eigenvalue weighted by atomic mass is 15.1. The summed E-state index contributed by atoms with van der Waals surface area (Å²) in [5.41, 5.74) is 0.483. The summed E-state index contributed by atoms with van der Waals surface area (Å²) in [7, 11) is 4.09. The third kappa shape index (κ3) is 3.84. The summed E-state index contributed by atoms with van der Waals surface area (Å²) in [6.45, 7) is 0.952. The first-order valence-electron chi connectivity index (χ1n) is 8.08. The van der Waals surface area contributed by atoms with E-state index >= 15 is 0 Å². The maximum Gasteiger partial charge on any atom is 0.133 e. The molecule has 0 aromatic heterocycles. The van der Waals surface area contributed by atoms with Gasteiger partial charge in [0, 0.05) is 12.6 Å². The molecule has 0 radical (unpaired) electrons. The van der Waals surface area contributed by atoms with Crippen LogP contribution in [-0.4, -0.2) is 31.6 Å². The lowest BCUT2D eigenvalue weighted by molar-refractivity contribution is 0.177. The van der Waals surface area contributed by atoms with E-state index in [4.69, 9.17) is 0 Å². The Morgan fingerprint density at radius 2 is 1.90 bits per heavy atom. The van der Waals surface area contributed by atoms with Crippen molar-refractivity contribution in [3.05, 3.63) is 35.9 Å². The Morgan fingerprint density at radius 1 is 1.24 bits per heavy atom. The molecule has 3 heteroatoms. The normalized spacial score (nSPS) is 19.1. The van der Waals surface area contributed by atoms with Crippen LogP contribution < -0.4 is 5.32 Å². The maximum atomic E-state index is 9.72. The zero-order valence-electron chi connectivity index (χ0n) is 13.3. The van der Waals surface area contributed by atoms with Crippen LogP contribution in [-0.2, 0) is 5.54 Å². The molecule has 0 saturated heterocycles. The van der Waals surface area contributed by atoms with Crippen molar-refractivity contribution < 1.29 is 0 Å². The fourth-order valence-electron chi connectivity index (χ4n) is 3.36. The molecule has 1 aliphatic rings. The Morgan fingerprint density at radius 3 is 2.48 bits per heavy atom. The molecular weight excluding hydrogens is 258 g/mol. The minimum Gasteiger partial charge on any atom is -0.303 e. The molecule has 1 aromatic rings. The van der Waals surface area contributed by atoms with Gasteiger partial charge in [0.15, 0.2) is 0 Å². The van der Waals surface area contributed by atoms with Gasteiger partial charge in [0.1, 0.15) is 5.54 Å². The number of nitrogens with one attached hydrogen (secondary N) is 1. The lowest BCUT2D eigenvalue weighted by Gasteiger charge is -2.34. The van der Waals surface area contributed by atoms with Gasteiger partial charge in [-0.3, -0.25) is 5.32 Å². The van der Waals surface area contributed by atoms with E-state index in [0.29, 0.717) is 6.04 Å². The first kappa shape index (κ1) is 16.0. The number of rotatable bonds is 6. The van der Waals surface area contributed by atoms with Crippen LogP contribution in [0.4, 0.5) is 0 Å². The minimum absolute atomic E-state index is 0.579. The molecule has 1 fully saturated rings. The number of benzene rings is 1. The SMILES string of the molecule is CNC(C#N)(CCN(C)C1CCCCC1)c1ccccc1. The van der Waals surface area contributed by atoms with E-state index in [1.54, 1.807) is 0 Å². The van der Waals surface area contributed by atoms with E-state index in [2.05, 4.69) is 23.3 Å². The van der Waals surface area contributed by atoms with Gasteiger partial charge in [-0.05, 0) is 38.9 Å². The van der Waals surface area contributed by atoms with Gasteiger partial charge in [-0.15, -0.1) is 0 Å². The van der Waals surface area contributed by atoms with E-state index in [0.717, 1.165) is 18.5 Å². The van der Waals surface area contributed by atoms with E-state index in [1.807, 2.05) is 37.4 Å². The molecule has 1 atom stereocenters. The summed E-state index contributed by atoms with van der Waals surface area (Å²) >= 11 is 0. The van der Waals surface area contributed by atoms with Crippen molar-refractivity contribution in [1.82, 2.24) is 10.2 Å². The molecule has 3 nitrogen and oxygen atoms in total. The summed E-state index contributed by atoms with van der Waals surface area (Å²) in [4.78, 5) is 2.45. The fraction of sp³-hybridized carbons (Fsp3) is 0.611. The zero-order valence-corrected chi connectivity index (χ0v) is 13.3. The predicted molar refractivity (Wildman–Crippen MR) is 86.9 cm³/mol. The fourth-order valence-corrected chi connectivity index (χ4v) is 3.36. The van der Waals surface area contributed by atoms with Crippen molar-refractivity contribution in [2.45, 2.75) is 50.1 Å². The monoisotopic (exact) mass is 285 g/mol. The van der Waals surface area contributed by atoms with Crippen LogP contribution in [0.25, 0.3) is 0 Å². The largest absolute Gasteiger partial charge is 0.303 e. The Hall–Kier alpha value is -1.37. The zero-order chi connectivity index (χ0) is 15.1. The number of hydrogen-bond acceptors (Lipinski definition) is 3. The highest BCUT2D eigenvalue weighted by molar-refractivity contribution is 5.31. The lowest BCUT2D eigenvalue weighted by Crippen LogP contribution is -2.43. The molecule has 0 heterocycles. The molecule has 1 saturated carbocycles. The Bertz CT molecular complexity index is 459. The van der Waals surface area contributed by atoms with Crippen molar-refractivity contribution in [2.75, 3.05) is 20.6 Å². The molecule has 1 aliphatic carbocycles. The van der Waals surface area contributed by atoms with Crippen LogP contribution in [0.2, 0.25) is 0 Å². The lowest BCUT2D eigenvalue weighted by atomic mass is 9.87. The minimum atomic E-state index is -0.579. The van der Waals surface area contributed by atoms with Crippen molar-refractivity contribution in [3.63, 3.8) is 0 Å². The molecule has 0 aliphatic heterocycles. The molecular formula is C18H27N3. The van der Waals surface area contributed by atoms with E-state index in [1.165, 1.54) is 32.1 Å². The Kier molecular flexibility index (Phi) is 5.78. The molecule has 1 N–H and O–H groups in total. The molecule has 1 unspecified atom stereocenters. The molecule has 21 heavy (non-hydrogen) atoms.